The van der Waals surface area contributed by atoms with Crippen molar-refractivity contribution in [2.75, 3.05) is 0 Å². The molecule has 0 aromatic heterocycles. The Morgan fingerprint density at radius 3 is 1.49 bits per heavy atom. The first-order chi connectivity index (χ1) is 22.4. The van der Waals surface area contributed by atoms with Gasteiger partial charge in [0.2, 0.25) is 21.4 Å². The third kappa shape index (κ3) is 7.65. The minimum Gasteiger partial charge on any atom is -0.446 e. The maximum Gasteiger partial charge on any atom is 0.230 e. The van der Waals surface area contributed by atoms with Gasteiger partial charge in [0, 0.05) is 21.7 Å². The minimum absolute atomic E-state index is 0.0599. The zero-order chi connectivity index (χ0) is 34.3. The lowest BCUT2D eigenvalue weighted by atomic mass is 9.90. The third-order valence-electron chi connectivity index (χ3n) is 8.22. The molecule has 0 amide bonds. The summed E-state index contributed by atoms with van der Waals surface area (Å²) in [7, 11) is -4.84. The summed E-state index contributed by atoms with van der Waals surface area (Å²) in [6.45, 7) is 13.7. The van der Waals surface area contributed by atoms with E-state index >= 15 is 0 Å². The lowest BCUT2D eigenvalue weighted by Gasteiger charge is -2.20. The largest absolute Gasteiger partial charge is 0.446 e. The lowest BCUT2D eigenvalue weighted by Crippen LogP contribution is -2.23. The molecule has 0 aliphatic carbocycles. The maximum atomic E-state index is 14.2. The van der Waals surface area contributed by atoms with Crippen LogP contribution < -0.4 is 15.1 Å². The summed E-state index contributed by atoms with van der Waals surface area (Å²) >= 11 is 0. The Kier molecular flexibility index (Phi) is 11.7. The van der Waals surface area contributed by atoms with Gasteiger partial charge in [0.1, 0.15) is 5.75 Å². The molecule has 0 aliphatic rings. The molecule has 0 spiro atoms. The number of benzene rings is 5. The summed E-state index contributed by atoms with van der Waals surface area (Å²) in [5.41, 5.74) is 8.31. The Hall–Kier alpha value is -4.30. The summed E-state index contributed by atoms with van der Waals surface area (Å²) in [5.74, 6) is 0.351. The normalized spacial score (nSPS) is 11.2. The van der Waals surface area contributed by atoms with E-state index in [1.807, 2.05) is 121 Å². The molecule has 47 heavy (non-hydrogen) atoms. The standard InChI is InChI=1S/C22H21O2P.C18H21O3P/c1-16-14-17(2)21(18(3)15-16)22(23)25(24,19-10-6-4-7-11-19)20-12-8-5-9-13-20;1-5-14-7-6-8-15(21-22-20)17(14)18(19)16-12(3)9-11(2)10-13(16)4/h4-15H,1-3H3;6-10H,5,22H2,1-4H3. The zero-order valence-electron chi connectivity index (χ0n) is 28.1. The van der Waals surface area contributed by atoms with Crippen molar-refractivity contribution in [3.05, 3.63) is 159 Å². The highest BCUT2D eigenvalue weighted by Crippen LogP contribution is 2.48. The van der Waals surface area contributed by atoms with Crippen molar-refractivity contribution >= 4 is 37.7 Å². The van der Waals surface area contributed by atoms with E-state index in [1.165, 1.54) is 0 Å². The van der Waals surface area contributed by atoms with Crippen molar-refractivity contribution in [2.24, 2.45) is 0 Å². The molecule has 0 radical (unpaired) electrons. The third-order valence-corrected chi connectivity index (χ3v) is 11.4. The molecule has 0 fully saturated rings. The van der Waals surface area contributed by atoms with Crippen LogP contribution >= 0.6 is 15.8 Å². The van der Waals surface area contributed by atoms with E-state index in [9.17, 15) is 18.7 Å². The quantitative estimate of drug-likeness (QED) is 0.116. The van der Waals surface area contributed by atoms with Gasteiger partial charge in [-0.2, -0.15) is 0 Å². The van der Waals surface area contributed by atoms with E-state index in [1.54, 1.807) is 30.3 Å². The lowest BCUT2D eigenvalue weighted by molar-refractivity contribution is 0.103. The van der Waals surface area contributed by atoms with Crippen molar-refractivity contribution in [1.29, 1.82) is 0 Å². The number of rotatable bonds is 9. The molecule has 5 aromatic carbocycles. The Morgan fingerprint density at radius 2 is 1.06 bits per heavy atom. The topological polar surface area (TPSA) is 77.5 Å². The van der Waals surface area contributed by atoms with Gasteiger partial charge in [0.15, 0.2) is 5.78 Å². The van der Waals surface area contributed by atoms with Crippen LogP contribution in [0.2, 0.25) is 0 Å². The molecule has 0 saturated heterocycles. The van der Waals surface area contributed by atoms with Gasteiger partial charge in [-0.15, -0.1) is 0 Å². The molecule has 242 valence electrons. The number of carbonyl (C=O) groups is 2. The highest BCUT2D eigenvalue weighted by molar-refractivity contribution is 7.93. The number of ketones is 1. The molecule has 1 atom stereocenters. The summed E-state index contributed by atoms with van der Waals surface area (Å²) < 4.78 is 30.3. The fourth-order valence-electron chi connectivity index (χ4n) is 6.28. The summed E-state index contributed by atoms with van der Waals surface area (Å²) in [6.07, 6.45) is 0.719. The SMILES string of the molecule is CCc1cccc(O[PH2]=O)c1C(=O)c1c(C)cc(C)cc1C.Cc1cc(C)c(C(=O)P(=O)(c2ccccc2)c2ccccc2)c(C)c1. The highest BCUT2D eigenvalue weighted by atomic mass is 31.2. The number of hydrogen-bond acceptors (Lipinski definition) is 5. The van der Waals surface area contributed by atoms with Gasteiger partial charge in [-0.25, -0.2) is 0 Å². The van der Waals surface area contributed by atoms with Crippen molar-refractivity contribution < 1.29 is 23.2 Å². The van der Waals surface area contributed by atoms with E-state index in [2.05, 4.69) is 0 Å². The molecule has 0 bridgehead atoms. The second kappa shape index (κ2) is 15.5. The van der Waals surface area contributed by atoms with Crippen LogP contribution in [0.3, 0.4) is 0 Å². The predicted octanol–water partition coefficient (Wildman–Crippen LogP) is 9.22. The Balaban J connectivity index is 0.000000215. The average Bonchev–Trinajstić information content (AvgIpc) is 3.04. The molecule has 5 nitrogen and oxygen atoms in total. The maximum absolute atomic E-state index is 14.2. The van der Waals surface area contributed by atoms with Crippen molar-refractivity contribution in [1.82, 2.24) is 0 Å². The number of aryl methyl sites for hydroxylation is 7. The molecule has 7 heteroatoms. The van der Waals surface area contributed by atoms with E-state index in [4.69, 9.17) is 4.52 Å². The molecule has 5 aromatic rings. The Morgan fingerprint density at radius 1 is 0.617 bits per heavy atom. The first kappa shape index (κ1) is 35.6. The smallest absolute Gasteiger partial charge is 0.230 e. The van der Waals surface area contributed by atoms with E-state index in [0.717, 1.165) is 45.4 Å². The van der Waals surface area contributed by atoms with Gasteiger partial charge < -0.3 is 9.09 Å². The number of hydrogen-bond donors (Lipinski definition) is 0. The van der Waals surface area contributed by atoms with E-state index in [-0.39, 0.29) is 11.3 Å². The highest BCUT2D eigenvalue weighted by Gasteiger charge is 2.37. The molecule has 0 aliphatic heterocycles. The first-order valence-electron chi connectivity index (χ1n) is 15.6. The van der Waals surface area contributed by atoms with Crippen LogP contribution in [0.15, 0.2) is 103 Å². The molecular formula is C40H42O5P2. The van der Waals surface area contributed by atoms with Crippen LogP contribution in [0.4, 0.5) is 0 Å². The fourth-order valence-corrected chi connectivity index (χ4v) is 9.20. The van der Waals surface area contributed by atoms with Crippen LogP contribution in [0, 0.1) is 41.5 Å². The van der Waals surface area contributed by atoms with Crippen molar-refractivity contribution in [2.45, 2.75) is 54.9 Å². The summed E-state index contributed by atoms with van der Waals surface area (Å²) in [5, 5.41) is 1.15. The van der Waals surface area contributed by atoms with Gasteiger partial charge in [-0.3, -0.25) is 14.2 Å². The molecule has 0 saturated carbocycles. The monoisotopic (exact) mass is 664 g/mol. The predicted molar refractivity (Wildman–Crippen MR) is 196 cm³/mol. The second-order valence-corrected chi connectivity index (χ2v) is 14.9. The van der Waals surface area contributed by atoms with E-state index < -0.39 is 15.8 Å². The first-order valence-corrected chi connectivity index (χ1v) is 18.3. The Bertz CT molecular complexity index is 1890. The molecule has 0 N–H and O–H groups in total. The van der Waals surface area contributed by atoms with Crippen LogP contribution in [0.1, 0.15) is 72.1 Å². The summed E-state index contributed by atoms with van der Waals surface area (Å²) in [4.78, 5) is 26.7. The molecule has 0 heterocycles. The second-order valence-electron chi connectivity index (χ2n) is 11.8. The minimum atomic E-state index is -3.44. The van der Waals surface area contributed by atoms with Gasteiger partial charge in [0.25, 0.3) is 0 Å². The van der Waals surface area contributed by atoms with E-state index in [0.29, 0.717) is 33.0 Å². The number of carbonyl (C=O) groups excluding carboxylic acids is 2. The van der Waals surface area contributed by atoms with Crippen LogP contribution in [0.5, 0.6) is 5.75 Å². The average molecular weight is 665 g/mol. The zero-order valence-corrected chi connectivity index (χ0v) is 30.1. The van der Waals surface area contributed by atoms with Crippen LogP contribution in [-0.2, 0) is 15.6 Å². The van der Waals surface area contributed by atoms with Gasteiger partial charge in [-0.1, -0.05) is 115 Å². The van der Waals surface area contributed by atoms with Gasteiger partial charge in [0.05, 0.1) is 5.56 Å². The fraction of sp³-hybridized carbons (Fsp3) is 0.200. The molecule has 5 rings (SSSR count). The Labute approximate surface area is 279 Å². The molecule has 1 unspecified atom stereocenters. The van der Waals surface area contributed by atoms with Crippen molar-refractivity contribution in [3.63, 3.8) is 0 Å². The van der Waals surface area contributed by atoms with Gasteiger partial charge in [-0.05, 0) is 81.8 Å². The van der Waals surface area contributed by atoms with Crippen LogP contribution in [0.25, 0.3) is 0 Å². The van der Waals surface area contributed by atoms with Crippen LogP contribution in [-0.4, -0.2) is 11.3 Å². The molecular weight excluding hydrogens is 622 g/mol. The van der Waals surface area contributed by atoms with Gasteiger partial charge >= 0.3 is 0 Å². The summed E-state index contributed by atoms with van der Waals surface area (Å²) in [6, 6.07) is 31.6. The van der Waals surface area contributed by atoms with Crippen molar-refractivity contribution in [3.8, 4) is 5.75 Å².